The van der Waals surface area contributed by atoms with Crippen molar-refractivity contribution in [2.24, 2.45) is 5.73 Å². The molecule has 19 heavy (non-hydrogen) atoms. The summed E-state index contributed by atoms with van der Waals surface area (Å²) in [5.74, 6) is -0.186. The summed E-state index contributed by atoms with van der Waals surface area (Å²) < 4.78 is 43.4. The second kappa shape index (κ2) is 5.32. The van der Waals surface area contributed by atoms with Gasteiger partial charge in [-0.05, 0) is 32.4 Å². The topological polar surface area (TPSA) is 48.1 Å². The van der Waals surface area contributed by atoms with Crippen molar-refractivity contribution in [3.63, 3.8) is 0 Å². The fourth-order valence-corrected chi connectivity index (χ4v) is 1.35. The lowest BCUT2D eigenvalue weighted by Gasteiger charge is -2.25. The zero-order valence-electron chi connectivity index (χ0n) is 10.8. The maximum absolute atomic E-state index is 12.6. The van der Waals surface area contributed by atoms with Crippen LogP contribution in [0.1, 0.15) is 38.4 Å². The Bertz CT molecular complexity index is 486. The Kier molecular flexibility index (Phi) is 4.39. The first-order valence-electron chi connectivity index (χ1n) is 5.64. The minimum atomic E-state index is -4.54. The molecule has 0 saturated carbocycles. The quantitative estimate of drug-likeness (QED) is 0.865. The van der Waals surface area contributed by atoms with E-state index < -0.39 is 17.5 Å². The Morgan fingerprint density at radius 2 is 1.95 bits per heavy atom. The number of nitrogens with two attached hydrogens (primary N) is 1. The van der Waals surface area contributed by atoms with Gasteiger partial charge in [-0.2, -0.15) is 13.2 Å². The van der Waals surface area contributed by atoms with Crippen molar-refractivity contribution in [3.8, 4) is 5.88 Å². The molecule has 0 aromatic carbocycles. The van der Waals surface area contributed by atoms with Gasteiger partial charge in [0.2, 0.25) is 5.88 Å². The Labute approximate surface area is 115 Å². The average molecular weight is 292 g/mol. The van der Waals surface area contributed by atoms with Gasteiger partial charge in [-0.25, -0.2) is 4.98 Å². The van der Waals surface area contributed by atoms with E-state index in [-0.39, 0.29) is 16.4 Å². The molecule has 0 amide bonds. The predicted molar refractivity (Wildman–Crippen MR) is 70.1 cm³/mol. The van der Waals surface area contributed by atoms with Crippen molar-refractivity contribution >= 4 is 17.2 Å². The van der Waals surface area contributed by atoms with Gasteiger partial charge in [-0.15, -0.1) is 0 Å². The molecule has 7 heteroatoms. The van der Waals surface area contributed by atoms with Crippen LogP contribution in [0.25, 0.3) is 0 Å². The van der Waals surface area contributed by atoms with Gasteiger partial charge in [0.25, 0.3) is 0 Å². The van der Waals surface area contributed by atoms with E-state index >= 15 is 0 Å². The van der Waals surface area contributed by atoms with E-state index in [0.717, 1.165) is 6.07 Å². The largest absolute Gasteiger partial charge is 0.471 e. The number of thiocarbonyl (C=S) groups is 1. The molecule has 0 saturated heterocycles. The SMILES string of the molecule is CCC(C)(C)Oc1nc(C(F)(F)F)ccc1C(N)=S. The summed E-state index contributed by atoms with van der Waals surface area (Å²) in [6.45, 7) is 5.35. The highest BCUT2D eigenvalue weighted by Gasteiger charge is 2.34. The second-order valence-electron chi connectivity index (χ2n) is 4.63. The maximum Gasteiger partial charge on any atom is 0.433 e. The molecule has 1 aromatic rings. The summed E-state index contributed by atoms with van der Waals surface area (Å²) in [6.07, 6.45) is -3.94. The third-order valence-corrected chi connectivity index (χ3v) is 2.86. The van der Waals surface area contributed by atoms with Gasteiger partial charge >= 0.3 is 6.18 Å². The van der Waals surface area contributed by atoms with E-state index in [1.807, 2.05) is 6.92 Å². The Hall–Kier alpha value is -1.37. The molecule has 0 aliphatic carbocycles. The minimum Gasteiger partial charge on any atom is -0.471 e. The van der Waals surface area contributed by atoms with E-state index in [9.17, 15) is 13.2 Å². The highest BCUT2D eigenvalue weighted by Crippen LogP contribution is 2.31. The summed E-state index contributed by atoms with van der Waals surface area (Å²) in [6, 6.07) is 2.01. The van der Waals surface area contributed by atoms with Gasteiger partial charge in [0.05, 0.1) is 5.56 Å². The molecule has 3 nitrogen and oxygen atoms in total. The molecule has 1 rings (SSSR count). The Morgan fingerprint density at radius 1 is 1.37 bits per heavy atom. The summed E-state index contributed by atoms with van der Waals surface area (Å²) >= 11 is 4.79. The molecule has 0 atom stereocenters. The van der Waals surface area contributed by atoms with Crippen molar-refractivity contribution in [1.29, 1.82) is 0 Å². The van der Waals surface area contributed by atoms with E-state index in [0.29, 0.717) is 6.42 Å². The number of aromatic nitrogens is 1. The fraction of sp³-hybridized carbons (Fsp3) is 0.500. The summed E-state index contributed by atoms with van der Waals surface area (Å²) in [5, 5.41) is 0. The van der Waals surface area contributed by atoms with Crippen molar-refractivity contribution in [2.45, 2.75) is 39.0 Å². The number of halogens is 3. The summed E-state index contributed by atoms with van der Waals surface area (Å²) in [4.78, 5) is 3.43. The van der Waals surface area contributed by atoms with Crippen molar-refractivity contribution in [2.75, 3.05) is 0 Å². The fourth-order valence-electron chi connectivity index (χ4n) is 1.20. The third-order valence-electron chi connectivity index (χ3n) is 2.64. The molecular formula is C12H15F3N2OS. The number of nitrogens with zero attached hydrogens (tertiary/aromatic N) is 1. The van der Waals surface area contributed by atoms with Crippen LogP contribution < -0.4 is 10.5 Å². The zero-order valence-corrected chi connectivity index (χ0v) is 11.7. The number of alkyl halides is 3. The summed E-state index contributed by atoms with van der Waals surface area (Å²) in [7, 11) is 0. The minimum absolute atomic E-state index is 0.0527. The zero-order chi connectivity index (χ0) is 14.8. The number of hydrogen-bond donors (Lipinski definition) is 1. The highest BCUT2D eigenvalue weighted by molar-refractivity contribution is 7.80. The van der Waals surface area contributed by atoms with Crippen LogP contribution in [0.15, 0.2) is 12.1 Å². The molecule has 0 unspecified atom stereocenters. The summed E-state index contributed by atoms with van der Waals surface area (Å²) in [5.41, 5.74) is 3.97. The first-order chi connectivity index (χ1) is 8.57. The van der Waals surface area contributed by atoms with E-state index in [2.05, 4.69) is 4.98 Å². The first kappa shape index (κ1) is 15.7. The molecular weight excluding hydrogens is 277 g/mol. The van der Waals surface area contributed by atoms with E-state index in [1.165, 1.54) is 6.07 Å². The first-order valence-corrected chi connectivity index (χ1v) is 6.04. The number of hydrogen-bond acceptors (Lipinski definition) is 3. The third kappa shape index (κ3) is 4.05. The molecule has 1 aromatic heterocycles. The van der Waals surface area contributed by atoms with Crippen LogP contribution in [0.5, 0.6) is 5.88 Å². The van der Waals surface area contributed by atoms with Crippen LogP contribution in [0, 0.1) is 0 Å². The highest BCUT2D eigenvalue weighted by atomic mass is 32.1. The number of rotatable bonds is 4. The molecule has 0 radical (unpaired) electrons. The van der Waals surface area contributed by atoms with Crippen LogP contribution >= 0.6 is 12.2 Å². The lowest BCUT2D eigenvalue weighted by Crippen LogP contribution is -2.29. The van der Waals surface area contributed by atoms with Crippen LogP contribution in [0.4, 0.5) is 13.2 Å². The van der Waals surface area contributed by atoms with Gasteiger partial charge < -0.3 is 10.5 Å². The lowest BCUT2D eigenvalue weighted by molar-refractivity contribution is -0.141. The number of ether oxygens (including phenoxy) is 1. The Morgan fingerprint density at radius 3 is 2.37 bits per heavy atom. The van der Waals surface area contributed by atoms with Gasteiger partial charge in [0.1, 0.15) is 16.3 Å². The van der Waals surface area contributed by atoms with Gasteiger partial charge in [0.15, 0.2) is 0 Å². The molecule has 106 valence electrons. The van der Waals surface area contributed by atoms with Gasteiger partial charge in [-0.3, -0.25) is 0 Å². The van der Waals surface area contributed by atoms with Gasteiger partial charge in [0, 0.05) is 0 Å². The average Bonchev–Trinajstić information content (AvgIpc) is 2.27. The molecule has 0 fully saturated rings. The molecule has 2 N–H and O–H groups in total. The smallest absolute Gasteiger partial charge is 0.433 e. The van der Waals surface area contributed by atoms with E-state index in [4.69, 9.17) is 22.7 Å². The van der Waals surface area contributed by atoms with Crippen molar-refractivity contribution in [1.82, 2.24) is 4.98 Å². The molecule has 1 heterocycles. The monoisotopic (exact) mass is 292 g/mol. The number of pyridine rings is 1. The second-order valence-corrected chi connectivity index (χ2v) is 5.07. The molecule has 0 aliphatic rings. The van der Waals surface area contributed by atoms with Crippen molar-refractivity contribution < 1.29 is 17.9 Å². The molecule has 0 spiro atoms. The predicted octanol–water partition coefficient (Wildman–Crippen LogP) is 3.30. The van der Waals surface area contributed by atoms with Gasteiger partial charge in [-0.1, -0.05) is 19.1 Å². The van der Waals surface area contributed by atoms with Crippen molar-refractivity contribution in [3.05, 3.63) is 23.4 Å². The van der Waals surface area contributed by atoms with Crippen LogP contribution in [0.3, 0.4) is 0 Å². The molecule has 0 bridgehead atoms. The Balaban J connectivity index is 3.28. The lowest BCUT2D eigenvalue weighted by atomic mass is 10.1. The van der Waals surface area contributed by atoms with Crippen LogP contribution in [-0.4, -0.2) is 15.6 Å². The van der Waals surface area contributed by atoms with Crippen LogP contribution in [-0.2, 0) is 6.18 Å². The maximum atomic E-state index is 12.6. The standard InChI is InChI=1S/C12H15F3N2OS/c1-4-11(2,3)18-10-7(9(16)19)5-6-8(17-10)12(13,14)15/h5-6H,4H2,1-3H3,(H2,16,19). The van der Waals surface area contributed by atoms with Crippen LogP contribution in [0.2, 0.25) is 0 Å². The van der Waals surface area contributed by atoms with E-state index in [1.54, 1.807) is 13.8 Å². The normalized spacial score (nSPS) is 12.3. The molecule has 0 aliphatic heterocycles.